The number of aromatic amines is 1. The van der Waals surface area contributed by atoms with Gasteiger partial charge in [-0.15, -0.1) is 0 Å². The number of nitrogens with zero attached hydrogens (tertiary/aromatic N) is 3. The Kier molecular flexibility index (Phi) is 7.86. The van der Waals surface area contributed by atoms with E-state index in [1.807, 2.05) is 48.5 Å². The van der Waals surface area contributed by atoms with Crippen molar-refractivity contribution in [1.29, 1.82) is 0 Å². The average Bonchev–Trinajstić information content (AvgIpc) is 3.30. The van der Waals surface area contributed by atoms with Crippen LogP contribution in [0.4, 0.5) is 0 Å². The Morgan fingerprint density at radius 1 is 0.861 bits per heavy atom. The van der Waals surface area contributed by atoms with Gasteiger partial charge in [-0.3, -0.25) is 0 Å². The first kappa shape index (κ1) is 24.8. The van der Waals surface area contributed by atoms with E-state index in [4.69, 9.17) is 35.9 Å². The Balaban J connectivity index is 1.61. The first-order chi connectivity index (χ1) is 17.6. The highest BCUT2D eigenvalue weighted by atomic mass is 32.1. The molecule has 0 atom stereocenters. The SMILES string of the molecule is COc1cc(/C=N/n2c(-c3cc(OC)c(OC)c(OC)c3)n[nH]c2=S)ccc1OCc1ccccc1. The Bertz CT molecular complexity index is 1390. The fourth-order valence-electron chi connectivity index (χ4n) is 3.54. The van der Waals surface area contributed by atoms with Gasteiger partial charge in [0.15, 0.2) is 28.8 Å². The lowest BCUT2D eigenvalue weighted by Crippen LogP contribution is -2.00. The van der Waals surface area contributed by atoms with Crippen molar-refractivity contribution in [3.63, 3.8) is 0 Å². The van der Waals surface area contributed by atoms with Gasteiger partial charge in [-0.2, -0.15) is 14.9 Å². The molecule has 3 aromatic carbocycles. The van der Waals surface area contributed by atoms with Gasteiger partial charge in [0.25, 0.3) is 0 Å². The fourth-order valence-corrected chi connectivity index (χ4v) is 3.72. The van der Waals surface area contributed by atoms with Gasteiger partial charge in [-0.1, -0.05) is 30.3 Å². The predicted octanol–water partition coefficient (Wildman–Crippen LogP) is 5.10. The Labute approximate surface area is 213 Å². The number of hydrogen-bond acceptors (Lipinski definition) is 8. The summed E-state index contributed by atoms with van der Waals surface area (Å²) in [6.45, 7) is 0.437. The van der Waals surface area contributed by atoms with Crippen molar-refractivity contribution in [3.05, 3.63) is 76.6 Å². The van der Waals surface area contributed by atoms with Crippen LogP contribution in [0, 0.1) is 4.77 Å². The van der Waals surface area contributed by atoms with Gasteiger partial charge >= 0.3 is 0 Å². The van der Waals surface area contributed by atoms with Crippen LogP contribution < -0.4 is 23.7 Å². The van der Waals surface area contributed by atoms with E-state index in [2.05, 4.69) is 15.3 Å². The summed E-state index contributed by atoms with van der Waals surface area (Å²) in [6.07, 6.45) is 1.66. The van der Waals surface area contributed by atoms with E-state index in [1.54, 1.807) is 46.8 Å². The lowest BCUT2D eigenvalue weighted by atomic mass is 10.1. The summed E-state index contributed by atoms with van der Waals surface area (Å²) in [5, 5.41) is 11.7. The standard InChI is InChI=1S/C26H26N4O5S/c1-31-21-12-18(10-11-20(21)35-16-17-8-6-5-7-9-17)15-27-30-25(28-29-26(30)36)19-13-22(32-2)24(34-4)23(14-19)33-3/h5-15H,16H2,1-4H3,(H,29,36)/b27-15+. The molecule has 0 aliphatic rings. The van der Waals surface area contributed by atoms with E-state index in [-0.39, 0.29) is 0 Å². The maximum absolute atomic E-state index is 5.94. The van der Waals surface area contributed by atoms with Crippen LogP contribution in [0.1, 0.15) is 11.1 Å². The summed E-state index contributed by atoms with van der Waals surface area (Å²) < 4.78 is 29.6. The zero-order valence-electron chi connectivity index (χ0n) is 20.3. The van der Waals surface area contributed by atoms with Gasteiger partial charge in [-0.05, 0) is 53.7 Å². The second kappa shape index (κ2) is 11.4. The molecule has 36 heavy (non-hydrogen) atoms. The van der Waals surface area contributed by atoms with Crippen molar-refractivity contribution < 1.29 is 23.7 Å². The molecule has 1 N–H and O–H groups in total. The van der Waals surface area contributed by atoms with Gasteiger partial charge in [0.2, 0.25) is 10.5 Å². The van der Waals surface area contributed by atoms with E-state index in [1.165, 1.54) is 4.68 Å². The van der Waals surface area contributed by atoms with Crippen LogP contribution in [0.3, 0.4) is 0 Å². The van der Waals surface area contributed by atoms with Gasteiger partial charge in [0.1, 0.15) is 6.61 Å². The zero-order valence-corrected chi connectivity index (χ0v) is 21.2. The molecule has 1 aromatic heterocycles. The average molecular weight is 507 g/mol. The highest BCUT2D eigenvalue weighted by Gasteiger charge is 2.17. The summed E-state index contributed by atoms with van der Waals surface area (Å²) in [6, 6.07) is 19.1. The summed E-state index contributed by atoms with van der Waals surface area (Å²) in [7, 11) is 6.25. The van der Waals surface area contributed by atoms with Crippen LogP contribution in [0.15, 0.2) is 65.8 Å². The molecule has 10 heteroatoms. The number of H-pyrrole nitrogens is 1. The normalized spacial score (nSPS) is 10.9. The minimum atomic E-state index is 0.324. The number of benzene rings is 3. The van der Waals surface area contributed by atoms with Gasteiger partial charge in [-0.25, -0.2) is 5.10 Å². The first-order valence-electron chi connectivity index (χ1n) is 10.9. The first-order valence-corrected chi connectivity index (χ1v) is 11.4. The summed E-state index contributed by atoms with van der Waals surface area (Å²) in [5.74, 6) is 3.17. The smallest absolute Gasteiger partial charge is 0.216 e. The van der Waals surface area contributed by atoms with Crippen molar-refractivity contribution in [2.75, 3.05) is 28.4 Å². The van der Waals surface area contributed by atoms with Crippen LogP contribution in [0.5, 0.6) is 28.7 Å². The number of rotatable bonds is 10. The van der Waals surface area contributed by atoms with Crippen LogP contribution >= 0.6 is 12.2 Å². The number of aromatic nitrogens is 3. The van der Waals surface area contributed by atoms with Crippen molar-refractivity contribution in [2.24, 2.45) is 5.10 Å². The molecule has 4 rings (SSSR count). The Hall–Kier alpha value is -4.31. The Morgan fingerprint density at radius 2 is 1.56 bits per heavy atom. The minimum Gasteiger partial charge on any atom is -0.493 e. The maximum atomic E-state index is 5.94. The molecule has 0 unspecified atom stereocenters. The third-order valence-corrected chi connectivity index (χ3v) is 5.58. The molecule has 0 saturated carbocycles. The quantitative estimate of drug-likeness (QED) is 0.236. The van der Waals surface area contributed by atoms with Crippen LogP contribution in [-0.4, -0.2) is 49.5 Å². The third-order valence-electron chi connectivity index (χ3n) is 5.32. The van der Waals surface area contributed by atoms with Crippen molar-refractivity contribution in [1.82, 2.24) is 14.9 Å². The summed E-state index contributed by atoms with van der Waals surface area (Å²) in [5.41, 5.74) is 2.54. The second-order valence-corrected chi connectivity index (χ2v) is 7.89. The molecule has 9 nitrogen and oxygen atoms in total. The van der Waals surface area contributed by atoms with E-state index < -0.39 is 0 Å². The Morgan fingerprint density at radius 3 is 2.19 bits per heavy atom. The minimum absolute atomic E-state index is 0.324. The van der Waals surface area contributed by atoms with Crippen molar-refractivity contribution in [2.45, 2.75) is 6.61 Å². The van der Waals surface area contributed by atoms with Gasteiger partial charge in [0, 0.05) is 5.56 Å². The molecule has 0 bridgehead atoms. The summed E-state index contributed by atoms with van der Waals surface area (Å²) in [4.78, 5) is 0. The third kappa shape index (κ3) is 5.33. The molecule has 0 aliphatic carbocycles. The zero-order chi connectivity index (χ0) is 25.5. The number of nitrogens with one attached hydrogen (secondary N) is 1. The predicted molar refractivity (Wildman–Crippen MR) is 139 cm³/mol. The largest absolute Gasteiger partial charge is 0.493 e. The molecule has 0 aliphatic heterocycles. The number of methoxy groups -OCH3 is 4. The molecule has 1 heterocycles. The lowest BCUT2D eigenvalue weighted by Gasteiger charge is -2.13. The highest BCUT2D eigenvalue weighted by molar-refractivity contribution is 7.71. The molecule has 0 fully saturated rings. The molecule has 0 spiro atoms. The van der Waals surface area contributed by atoms with E-state index in [0.717, 1.165) is 11.1 Å². The molecule has 4 aromatic rings. The van der Waals surface area contributed by atoms with E-state index >= 15 is 0 Å². The highest BCUT2D eigenvalue weighted by Crippen LogP contribution is 2.40. The maximum Gasteiger partial charge on any atom is 0.216 e. The van der Waals surface area contributed by atoms with E-state index in [9.17, 15) is 0 Å². The van der Waals surface area contributed by atoms with E-state index in [0.29, 0.717) is 51.5 Å². The van der Waals surface area contributed by atoms with Crippen LogP contribution in [0.25, 0.3) is 11.4 Å². The molecular formula is C26H26N4O5S. The second-order valence-electron chi connectivity index (χ2n) is 7.51. The van der Waals surface area contributed by atoms with Gasteiger partial charge in [0.05, 0.1) is 34.7 Å². The monoisotopic (exact) mass is 506 g/mol. The molecule has 0 radical (unpaired) electrons. The molecule has 0 saturated heterocycles. The fraction of sp³-hybridized carbons (Fsp3) is 0.192. The summed E-state index contributed by atoms with van der Waals surface area (Å²) >= 11 is 5.41. The molecule has 186 valence electrons. The molecular weight excluding hydrogens is 480 g/mol. The topological polar surface area (TPSA) is 92.1 Å². The van der Waals surface area contributed by atoms with Gasteiger partial charge < -0.3 is 23.7 Å². The van der Waals surface area contributed by atoms with Crippen molar-refractivity contribution >= 4 is 18.4 Å². The molecule has 0 amide bonds. The van der Waals surface area contributed by atoms with Crippen LogP contribution in [0.2, 0.25) is 0 Å². The lowest BCUT2D eigenvalue weighted by molar-refractivity contribution is 0.284. The van der Waals surface area contributed by atoms with Crippen molar-refractivity contribution in [3.8, 4) is 40.1 Å². The number of hydrogen-bond donors (Lipinski definition) is 1. The van der Waals surface area contributed by atoms with Crippen LogP contribution in [-0.2, 0) is 6.61 Å². The number of ether oxygens (including phenoxy) is 5.